The minimum Gasteiger partial charge on any atom is -0.379 e. The molecule has 0 bridgehead atoms. The van der Waals surface area contributed by atoms with Gasteiger partial charge < -0.3 is 10.1 Å². The Bertz CT molecular complexity index is 938. The number of nitrogens with zero attached hydrogens (tertiary/aromatic N) is 1. The zero-order chi connectivity index (χ0) is 21.0. The summed E-state index contributed by atoms with van der Waals surface area (Å²) in [5.74, 6) is -0.0879. The quantitative estimate of drug-likeness (QED) is 0.752. The molecule has 6 nitrogen and oxygen atoms in total. The molecule has 1 saturated heterocycles. The van der Waals surface area contributed by atoms with Crippen molar-refractivity contribution in [2.45, 2.75) is 24.8 Å². The van der Waals surface area contributed by atoms with E-state index in [0.29, 0.717) is 36.9 Å². The fourth-order valence-corrected chi connectivity index (χ4v) is 4.78. The zero-order valence-corrected chi connectivity index (χ0v) is 18.0. The summed E-state index contributed by atoms with van der Waals surface area (Å²) >= 11 is 5.96. The van der Waals surface area contributed by atoms with E-state index in [1.54, 1.807) is 24.3 Å². The third-order valence-corrected chi connectivity index (χ3v) is 7.07. The summed E-state index contributed by atoms with van der Waals surface area (Å²) in [6.07, 6.45) is 0. The van der Waals surface area contributed by atoms with Crippen LogP contribution in [0.3, 0.4) is 0 Å². The first kappa shape index (κ1) is 21.8. The monoisotopic (exact) mass is 436 g/mol. The topological polar surface area (TPSA) is 75.7 Å². The van der Waals surface area contributed by atoms with E-state index in [0.717, 1.165) is 5.56 Å². The van der Waals surface area contributed by atoms with Gasteiger partial charge in [-0.05, 0) is 47.9 Å². The van der Waals surface area contributed by atoms with E-state index >= 15 is 0 Å². The number of sulfonamides is 1. The molecule has 1 N–H and O–H groups in total. The number of hydrogen-bond donors (Lipinski definition) is 1. The first-order chi connectivity index (χ1) is 13.8. The van der Waals surface area contributed by atoms with E-state index in [9.17, 15) is 13.2 Å². The van der Waals surface area contributed by atoms with Crippen molar-refractivity contribution in [2.24, 2.45) is 5.92 Å². The smallest absolute Gasteiger partial charge is 0.251 e. The first-order valence-corrected chi connectivity index (χ1v) is 11.3. The van der Waals surface area contributed by atoms with Crippen LogP contribution in [-0.4, -0.2) is 44.9 Å². The summed E-state index contributed by atoms with van der Waals surface area (Å²) in [5.41, 5.74) is 1.37. The number of halogens is 1. The van der Waals surface area contributed by atoms with Gasteiger partial charge in [0.2, 0.25) is 10.0 Å². The van der Waals surface area contributed by atoms with Crippen molar-refractivity contribution >= 4 is 27.5 Å². The zero-order valence-electron chi connectivity index (χ0n) is 16.5. The predicted octanol–water partition coefficient (Wildman–Crippen LogP) is 3.49. The van der Waals surface area contributed by atoms with Crippen LogP contribution in [0.1, 0.15) is 35.8 Å². The molecule has 1 heterocycles. The van der Waals surface area contributed by atoms with Crippen molar-refractivity contribution in [1.82, 2.24) is 9.62 Å². The molecule has 1 amide bonds. The summed E-state index contributed by atoms with van der Waals surface area (Å²) in [7, 11) is -3.58. The van der Waals surface area contributed by atoms with Crippen LogP contribution < -0.4 is 5.32 Å². The third kappa shape index (κ3) is 5.17. The van der Waals surface area contributed by atoms with Gasteiger partial charge in [-0.25, -0.2) is 8.42 Å². The van der Waals surface area contributed by atoms with Crippen LogP contribution in [0.4, 0.5) is 0 Å². The van der Waals surface area contributed by atoms with Gasteiger partial charge in [0.15, 0.2) is 0 Å². The summed E-state index contributed by atoms with van der Waals surface area (Å²) in [5, 5.41) is 3.67. The number of carbonyl (C=O) groups is 1. The largest absolute Gasteiger partial charge is 0.379 e. The highest BCUT2D eigenvalue weighted by atomic mass is 35.5. The van der Waals surface area contributed by atoms with Crippen LogP contribution in [0.5, 0.6) is 0 Å². The lowest BCUT2D eigenvalue weighted by molar-refractivity contribution is 0.0730. The molecule has 29 heavy (non-hydrogen) atoms. The average molecular weight is 437 g/mol. The molecule has 8 heteroatoms. The lowest BCUT2D eigenvalue weighted by atomic mass is 9.95. The highest BCUT2D eigenvalue weighted by Crippen LogP contribution is 2.24. The molecule has 3 rings (SSSR count). The van der Waals surface area contributed by atoms with Crippen LogP contribution in [-0.2, 0) is 14.8 Å². The SMILES string of the molecule is CC(C)C(NC(=O)c1ccc(S(=O)(=O)N2CCOCC2)cc1)c1ccc(Cl)cc1. The van der Waals surface area contributed by atoms with Crippen molar-refractivity contribution < 1.29 is 17.9 Å². The highest BCUT2D eigenvalue weighted by Gasteiger charge is 2.26. The van der Waals surface area contributed by atoms with E-state index in [-0.39, 0.29) is 22.8 Å². The maximum atomic E-state index is 12.7. The van der Waals surface area contributed by atoms with Crippen LogP contribution in [0.15, 0.2) is 53.4 Å². The highest BCUT2D eigenvalue weighted by molar-refractivity contribution is 7.89. The summed E-state index contributed by atoms with van der Waals surface area (Å²) < 4.78 is 32.0. The van der Waals surface area contributed by atoms with Gasteiger partial charge >= 0.3 is 0 Å². The molecule has 0 aliphatic carbocycles. The second kappa shape index (κ2) is 9.26. The van der Waals surface area contributed by atoms with E-state index in [1.165, 1.54) is 16.4 Å². The molecular formula is C21H25ClN2O4S. The van der Waals surface area contributed by atoms with Crippen LogP contribution in [0, 0.1) is 5.92 Å². The third-order valence-electron chi connectivity index (χ3n) is 4.91. The Balaban J connectivity index is 1.74. The second-order valence-electron chi connectivity index (χ2n) is 7.29. The van der Waals surface area contributed by atoms with E-state index < -0.39 is 10.0 Å². The Morgan fingerprint density at radius 1 is 1.03 bits per heavy atom. The number of ether oxygens (including phenoxy) is 1. The minimum absolute atomic E-state index is 0.168. The number of hydrogen-bond acceptors (Lipinski definition) is 4. The molecule has 0 aromatic heterocycles. The Morgan fingerprint density at radius 2 is 1.62 bits per heavy atom. The molecule has 0 spiro atoms. The van der Waals surface area contributed by atoms with Gasteiger partial charge in [-0.2, -0.15) is 4.31 Å². The summed E-state index contributed by atoms with van der Waals surface area (Å²) in [4.78, 5) is 12.9. The lowest BCUT2D eigenvalue weighted by Gasteiger charge is -2.26. The van der Waals surface area contributed by atoms with Crippen LogP contribution in [0.2, 0.25) is 5.02 Å². The van der Waals surface area contributed by atoms with Gasteiger partial charge in [0.05, 0.1) is 24.2 Å². The number of rotatable bonds is 6. The Morgan fingerprint density at radius 3 is 2.17 bits per heavy atom. The van der Waals surface area contributed by atoms with E-state index in [4.69, 9.17) is 16.3 Å². The fraction of sp³-hybridized carbons (Fsp3) is 0.381. The molecule has 1 fully saturated rings. The molecular weight excluding hydrogens is 412 g/mol. The molecule has 1 atom stereocenters. The van der Waals surface area contributed by atoms with Gasteiger partial charge in [-0.1, -0.05) is 37.6 Å². The molecule has 1 aliphatic rings. The Kier molecular flexibility index (Phi) is 6.95. The van der Waals surface area contributed by atoms with Crippen molar-refractivity contribution in [2.75, 3.05) is 26.3 Å². The van der Waals surface area contributed by atoms with Crippen molar-refractivity contribution in [3.05, 3.63) is 64.7 Å². The van der Waals surface area contributed by atoms with Gasteiger partial charge in [-0.15, -0.1) is 0 Å². The first-order valence-electron chi connectivity index (χ1n) is 9.53. The minimum atomic E-state index is -3.58. The normalized spacial score (nSPS) is 16.6. The number of benzene rings is 2. The summed E-state index contributed by atoms with van der Waals surface area (Å²) in [6.45, 7) is 5.50. The van der Waals surface area contributed by atoms with Gasteiger partial charge in [-0.3, -0.25) is 4.79 Å². The number of amides is 1. The standard InChI is InChI=1S/C21H25ClN2O4S/c1-15(2)20(16-3-7-18(22)8-4-16)23-21(25)17-5-9-19(10-6-17)29(26,27)24-11-13-28-14-12-24/h3-10,15,20H,11-14H2,1-2H3,(H,23,25). The molecule has 2 aromatic carbocycles. The number of morpholine rings is 1. The second-order valence-corrected chi connectivity index (χ2v) is 9.66. The predicted molar refractivity (Wildman–Crippen MR) is 113 cm³/mol. The van der Waals surface area contributed by atoms with Gasteiger partial charge in [0.1, 0.15) is 0 Å². The maximum Gasteiger partial charge on any atom is 0.251 e. The molecule has 0 saturated carbocycles. The maximum absolute atomic E-state index is 12.7. The van der Waals surface area contributed by atoms with Crippen molar-refractivity contribution in [1.29, 1.82) is 0 Å². The lowest BCUT2D eigenvalue weighted by Crippen LogP contribution is -2.40. The van der Waals surface area contributed by atoms with Gasteiger partial charge in [0, 0.05) is 23.7 Å². The molecule has 2 aromatic rings. The molecule has 0 radical (unpaired) electrons. The molecule has 156 valence electrons. The van der Waals surface area contributed by atoms with Crippen molar-refractivity contribution in [3.63, 3.8) is 0 Å². The Labute approximate surface area is 176 Å². The molecule has 1 unspecified atom stereocenters. The van der Waals surface area contributed by atoms with Crippen LogP contribution in [0.25, 0.3) is 0 Å². The average Bonchev–Trinajstić information content (AvgIpc) is 2.73. The Hall–Kier alpha value is -1.93. The number of carbonyl (C=O) groups excluding carboxylic acids is 1. The van der Waals surface area contributed by atoms with Crippen molar-refractivity contribution in [3.8, 4) is 0 Å². The molecule has 1 aliphatic heterocycles. The summed E-state index contributed by atoms with van der Waals surface area (Å²) in [6, 6.07) is 13.2. The van der Waals surface area contributed by atoms with Crippen LogP contribution >= 0.6 is 11.6 Å². The van der Waals surface area contributed by atoms with E-state index in [2.05, 4.69) is 5.32 Å². The van der Waals surface area contributed by atoms with E-state index in [1.807, 2.05) is 26.0 Å². The van der Waals surface area contributed by atoms with Gasteiger partial charge in [0.25, 0.3) is 5.91 Å². The fourth-order valence-electron chi connectivity index (χ4n) is 3.24. The number of nitrogens with one attached hydrogen (secondary N) is 1.